The van der Waals surface area contributed by atoms with Gasteiger partial charge in [-0.05, 0) is 25.3 Å². The van der Waals surface area contributed by atoms with Crippen LogP contribution in [0.3, 0.4) is 0 Å². The number of amides is 1. The van der Waals surface area contributed by atoms with Crippen LogP contribution in [0.4, 0.5) is 0 Å². The summed E-state index contributed by atoms with van der Waals surface area (Å²) in [6, 6.07) is 4.04. The minimum absolute atomic E-state index is 0.0545. The van der Waals surface area contributed by atoms with Crippen molar-refractivity contribution in [1.29, 1.82) is 0 Å². The fourth-order valence-corrected chi connectivity index (χ4v) is 3.24. The van der Waals surface area contributed by atoms with Crippen molar-refractivity contribution in [3.8, 4) is 0 Å². The second-order valence-electron chi connectivity index (χ2n) is 5.35. The van der Waals surface area contributed by atoms with Gasteiger partial charge in [-0.3, -0.25) is 4.79 Å². The molecular formula is C14H18N4O2S. The second kappa shape index (κ2) is 5.95. The molecule has 2 aromatic heterocycles. The zero-order valence-electron chi connectivity index (χ0n) is 12.1. The summed E-state index contributed by atoms with van der Waals surface area (Å²) in [6.07, 6.45) is 1.82. The van der Waals surface area contributed by atoms with Gasteiger partial charge in [0, 0.05) is 18.0 Å². The van der Waals surface area contributed by atoms with Gasteiger partial charge in [0.2, 0.25) is 0 Å². The van der Waals surface area contributed by atoms with Crippen LogP contribution in [-0.4, -0.2) is 51.1 Å². The van der Waals surface area contributed by atoms with Gasteiger partial charge in [-0.25, -0.2) is 4.68 Å². The van der Waals surface area contributed by atoms with Gasteiger partial charge in [0.1, 0.15) is 0 Å². The van der Waals surface area contributed by atoms with E-state index in [4.69, 9.17) is 4.74 Å². The van der Waals surface area contributed by atoms with Crippen LogP contribution in [0.5, 0.6) is 0 Å². The third kappa shape index (κ3) is 3.30. The number of aromatic nitrogens is 3. The minimum atomic E-state index is -0.0746. The number of rotatable bonds is 3. The number of nitrogens with zero attached hydrogens (tertiary/aromatic N) is 4. The molecule has 1 aliphatic rings. The van der Waals surface area contributed by atoms with Crippen LogP contribution in [0.25, 0.3) is 0 Å². The van der Waals surface area contributed by atoms with Gasteiger partial charge < -0.3 is 9.64 Å². The Hall–Kier alpha value is -1.73. The van der Waals surface area contributed by atoms with Crippen molar-refractivity contribution in [1.82, 2.24) is 19.9 Å². The minimum Gasteiger partial charge on any atom is -0.372 e. The number of morpholine rings is 1. The van der Waals surface area contributed by atoms with Crippen molar-refractivity contribution in [2.45, 2.75) is 32.6 Å². The molecular weight excluding hydrogens is 288 g/mol. The number of ether oxygens (including phenoxy) is 1. The van der Waals surface area contributed by atoms with E-state index in [2.05, 4.69) is 10.3 Å². The van der Waals surface area contributed by atoms with Crippen LogP contribution in [0.1, 0.15) is 29.2 Å². The van der Waals surface area contributed by atoms with Gasteiger partial charge in [-0.15, -0.1) is 16.4 Å². The Morgan fingerprint density at radius 1 is 1.43 bits per heavy atom. The summed E-state index contributed by atoms with van der Waals surface area (Å²) in [5.74, 6) is -0.0746. The van der Waals surface area contributed by atoms with Crippen molar-refractivity contribution < 1.29 is 9.53 Å². The molecule has 0 spiro atoms. The van der Waals surface area contributed by atoms with E-state index in [0.29, 0.717) is 25.3 Å². The average molecular weight is 306 g/mol. The summed E-state index contributed by atoms with van der Waals surface area (Å²) < 4.78 is 7.34. The average Bonchev–Trinajstić information content (AvgIpc) is 3.09. The molecule has 1 saturated heterocycles. The maximum atomic E-state index is 12.5. The smallest absolute Gasteiger partial charge is 0.276 e. The first-order chi connectivity index (χ1) is 10.1. The van der Waals surface area contributed by atoms with Crippen molar-refractivity contribution in [3.63, 3.8) is 0 Å². The van der Waals surface area contributed by atoms with Gasteiger partial charge >= 0.3 is 0 Å². The second-order valence-corrected chi connectivity index (χ2v) is 6.38. The highest BCUT2D eigenvalue weighted by atomic mass is 32.1. The molecule has 1 fully saturated rings. The summed E-state index contributed by atoms with van der Waals surface area (Å²) >= 11 is 1.66. The summed E-state index contributed by atoms with van der Waals surface area (Å²) in [4.78, 5) is 15.4. The van der Waals surface area contributed by atoms with Crippen LogP contribution in [0.15, 0.2) is 23.7 Å². The fourth-order valence-electron chi connectivity index (χ4n) is 2.54. The quantitative estimate of drug-likeness (QED) is 0.865. The first-order valence-corrected chi connectivity index (χ1v) is 7.87. The van der Waals surface area contributed by atoms with E-state index in [1.165, 1.54) is 4.88 Å². The van der Waals surface area contributed by atoms with Gasteiger partial charge in [0.05, 0.1) is 24.9 Å². The third-order valence-corrected chi connectivity index (χ3v) is 4.22. The van der Waals surface area contributed by atoms with E-state index < -0.39 is 0 Å². The lowest BCUT2D eigenvalue weighted by Gasteiger charge is -2.34. The number of carbonyl (C=O) groups is 1. The molecule has 0 saturated carbocycles. The van der Waals surface area contributed by atoms with Gasteiger partial charge in [0.25, 0.3) is 5.91 Å². The van der Waals surface area contributed by atoms with Crippen molar-refractivity contribution in [3.05, 3.63) is 34.3 Å². The van der Waals surface area contributed by atoms with Crippen LogP contribution in [-0.2, 0) is 11.3 Å². The lowest BCUT2D eigenvalue weighted by Crippen LogP contribution is -2.48. The predicted octanol–water partition coefficient (Wildman–Crippen LogP) is 1.64. The molecule has 0 radical (unpaired) electrons. The van der Waals surface area contributed by atoms with Crippen LogP contribution >= 0.6 is 11.3 Å². The predicted molar refractivity (Wildman–Crippen MR) is 79.4 cm³/mol. The van der Waals surface area contributed by atoms with Gasteiger partial charge in [-0.2, -0.15) is 0 Å². The number of hydrogen-bond acceptors (Lipinski definition) is 5. The Balaban J connectivity index is 1.69. The highest BCUT2D eigenvalue weighted by molar-refractivity contribution is 7.09. The Bertz CT molecular complexity index is 600. The lowest BCUT2D eigenvalue weighted by molar-refractivity contribution is -0.0587. The first-order valence-electron chi connectivity index (χ1n) is 6.99. The van der Waals surface area contributed by atoms with Gasteiger partial charge in [0.15, 0.2) is 5.69 Å². The molecule has 0 aliphatic carbocycles. The first kappa shape index (κ1) is 14.2. The highest BCUT2D eigenvalue weighted by Crippen LogP contribution is 2.14. The van der Waals surface area contributed by atoms with E-state index in [9.17, 15) is 4.79 Å². The zero-order valence-corrected chi connectivity index (χ0v) is 12.9. The Morgan fingerprint density at radius 3 is 2.86 bits per heavy atom. The van der Waals surface area contributed by atoms with E-state index in [1.807, 2.05) is 31.4 Å². The molecule has 3 heterocycles. The molecule has 112 valence electrons. The molecule has 21 heavy (non-hydrogen) atoms. The fraction of sp³-hybridized carbons (Fsp3) is 0.500. The van der Waals surface area contributed by atoms with Crippen molar-refractivity contribution >= 4 is 17.2 Å². The molecule has 2 atom stereocenters. The number of carbonyl (C=O) groups excluding carboxylic acids is 1. The van der Waals surface area contributed by atoms with E-state index in [0.717, 1.165) is 0 Å². The van der Waals surface area contributed by atoms with Crippen molar-refractivity contribution in [2.75, 3.05) is 13.1 Å². The SMILES string of the molecule is C[C@@H]1CN(C(=O)c2cn(Cc3cccs3)nn2)C[C@H](C)O1. The number of hydrogen-bond donors (Lipinski definition) is 0. The molecule has 3 rings (SSSR count). The lowest BCUT2D eigenvalue weighted by atomic mass is 10.2. The molecule has 0 N–H and O–H groups in total. The number of thiophene rings is 1. The van der Waals surface area contributed by atoms with Crippen LogP contribution in [0, 0.1) is 0 Å². The molecule has 6 nitrogen and oxygen atoms in total. The highest BCUT2D eigenvalue weighted by Gasteiger charge is 2.28. The summed E-state index contributed by atoms with van der Waals surface area (Å²) in [6.45, 7) is 5.79. The Labute approximate surface area is 127 Å². The summed E-state index contributed by atoms with van der Waals surface area (Å²) in [5.41, 5.74) is 0.396. The normalized spacial score (nSPS) is 22.5. The maximum Gasteiger partial charge on any atom is 0.276 e. The maximum absolute atomic E-state index is 12.5. The molecule has 0 unspecified atom stereocenters. The van der Waals surface area contributed by atoms with E-state index in [-0.39, 0.29) is 18.1 Å². The van der Waals surface area contributed by atoms with Crippen LogP contribution < -0.4 is 0 Å². The zero-order chi connectivity index (χ0) is 14.8. The largest absolute Gasteiger partial charge is 0.372 e. The third-order valence-electron chi connectivity index (χ3n) is 3.36. The molecule has 2 aromatic rings. The summed E-state index contributed by atoms with van der Waals surface area (Å²) in [5, 5.41) is 10.1. The standard InChI is InChI=1S/C14H18N4O2S/c1-10-6-17(7-11(2)20-10)14(19)13-9-18(16-15-13)8-12-4-3-5-21-12/h3-5,9-11H,6-8H2,1-2H3/t10-,11+. The molecule has 7 heteroatoms. The molecule has 0 bridgehead atoms. The molecule has 0 aromatic carbocycles. The Kier molecular flexibility index (Phi) is 4.03. The molecule has 1 aliphatic heterocycles. The van der Waals surface area contributed by atoms with Crippen LogP contribution in [0.2, 0.25) is 0 Å². The van der Waals surface area contributed by atoms with E-state index >= 15 is 0 Å². The molecule has 1 amide bonds. The monoisotopic (exact) mass is 306 g/mol. The Morgan fingerprint density at radius 2 is 2.19 bits per heavy atom. The van der Waals surface area contributed by atoms with E-state index in [1.54, 1.807) is 27.1 Å². The van der Waals surface area contributed by atoms with Crippen molar-refractivity contribution in [2.24, 2.45) is 0 Å². The topological polar surface area (TPSA) is 60.2 Å². The van der Waals surface area contributed by atoms with Gasteiger partial charge in [-0.1, -0.05) is 11.3 Å². The summed E-state index contributed by atoms with van der Waals surface area (Å²) in [7, 11) is 0.